The fourth-order valence-electron chi connectivity index (χ4n) is 2.70. The molecule has 2 heterocycles. The Balaban J connectivity index is 1.82. The van der Waals surface area contributed by atoms with E-state index in [2.05, 4.69) is 47.0 Å². The van der Waals surface area contributed by atoms with Crippen LogP contribution in [0.2, 0.25) is 0 Å². The summed E-state index contributed by atoms with van der Waals surface area (Å²) in [5.41, 5.74) is 3.24. The monoisotopic (exact) mass is 307 g/mol. The van der Waals surface area contributed by atoms with Crippen LogP contribution in [-0.4, -0.2) is 15.5 Å². The van der Waals surface area contributed by atoms with E-state index >= 15 is 0 Å². The number of carbonyl (C=O) groups is 1. The van der Waals surface area contributed by atoms with E-state index in [1.807, 2.05) is 31.2 Å². The minimum atomic E-state index is -0.185. The maximum absolute atomic E-state index is 12.3. The number of hydrogen-bond acceptors (Lipinski definition) is 2. The molecule has 0 saturated heterocycles. The summed E-state index contributed by atoms with van der Waals surface area (Å²) in [6, 6.07) is 13.5. The van der Waals surface area contributed by atoms with Crippen LogP contribution < -0.4 is 5.32 Å². The first-order valence-electron chi connectivity index (χ1n) is 7.87. The van der Waals surface area contributed by atoms with E-state index in [1.54, 1.807) is 6.07 Å². The highest BCUT2D eigenvalue weighted by Crippen LogP contribution is 2.22. The number of nitrogens with zero attached hydrogens (tertiary/aromatic N) is 2. The lowest BCUT2D eigenvalue weighted by Crippen LogP contribution is -2.13. The fraction of sp³-hybridized carbons (Fsp3) is 0.263. The Morgan fingerprint density at radius 2 is 2.04 bits per heavy atom. The molecule has 1 amide bonds. The third-order valence-electron chi connectivity index (χ3n) is 3.71. The molecule has 23 heavy (non-hydrogen) atoms. The number of anilines is 1. The van der Waals surface area contributed by atoms with Crippen molar-refractivity contribution in [3.05, 3.63) is 60.0 Å². The van der Waals surface area contributed by atoms with Gasteiger partial charge >= 0.3 is 0 Å². The minimum Gasteiger partial charge on any atom is -0.347 e. The Labute approximate surface area is 136 Å². The Bertz CT molecular complexity index is 849. The molecule has 3 rings (SSSR count). The zero-order valence-corrected chi connectivity index (χ0v) is 13.7. The highest BCUT2D eigenvalue weighted by Gasteiger charge is 2.09. The van der Waals surface area contributed by atoms with Gasteiger partial charge in [0.2, 0.25) is 0 Å². The summed E-state index contributed by atoms with van der Waals surface area (Å²) in [7, 11) is 0. The van der Waals surface area contributed by atoms with Crippen LogP contribution in [-0.2, 0) is 6.54 Å². The number of fused-ring (bicyclic) bond motifs is 1. The topological polar surface area (TPSA) is 46.9 Å². The van der Waals surface area contributed by atoms with E-state index in [0.717, 1.165) is 23.3 Å². The van der Waals surface area contributed by atoms with E-state index in [9.17, 15) is 4.79 Å². The van der Waals surface area contributed by atoms with Gasteiger partial charge in [-0.2, -0.15) is 0 Å². The van der Waals surface area contributed by atoms with Crippen LogP contribution in [0.1, 0.15) is 30.0 Å². The molecule has 0 aliphatic heterocycles. The second-order valence-corrected chi connectivity index (χ2v) is 6.25. The van der Waals surface area contributed by atoms with Crippen LogP contribution in [0, 0.1) is 12.8 Å². The molecule has 1 aromatic carbocycles. The van der Waals surface area contributed by atoms with Gasteiger partial charge in [-0.1, -0.05) is 19.9 Å². The molecule has 0 radical (unpaired) electrons. The molecular formula is C19H21N3O. The molecule has 0 bridgehead atoms. The number of amides is 1. The van der Waals surface area contributed by atoms with E-state index < -0.39 is 0 Å². The second-order valence-electron chi connectivity index (χ2n) is 6.25. The summed E-state index contributed by atoms with van der Waals surface area (Å²) in [5, 5.41) is 4.04. The summed E-state index contributed by atoms with van der Waals surface area (Å²) in [6.45, 7) is 7.27. The van der Waals surface area contributed by atoms with E-state index in [1.165, 1.54) is 5.52 Å². The Kier molecular flexibility index (Phi) is 4.15. The Hall–Kier alpha value is -2.62. The normalized spacial score (nSPS) is 11.1. The second kappa shape index (κ2) is 6.24. The Morgan fingerprint density at radius 3 is 2.78 bits per heavy atom. The van der Waals surface area contributed by atoms with Crippen molar-refractivity contribution in [2.75, 3.05) is 5.32 Å². The summed E-state index contributed by atoms with van der Waals surface area (Å²) in [4.78, 5) is 16.5. The highest BCUT2D eigenvalue weighted by atomic mass is 16.1. The van der Waals surface area contributed by atoms with Crippen molar-refractivity contribution in [2.24, 2.45) is 5.92 Å². The van der Waals surface area contributed by atoms with E-state index in [0.29, 0.717) is 11.6 Å². The number of aromatic nitrogens is 2. The average molecular weight is 307 g/mol. The SMILES string of the molecule is Cc1cccc(C(=O)Nc2ccc3c(ccn3CC(C)C)c2)n1. The molecule has 0 fully saturated rings. The van der Waals surface area contributed by atoms with Gasteiger partial charge in [-0.25, -0.2) is 4.98 Å². The van der Waals surface area contributed by atoms with Gasteiger partial charge in [0, 0.05) is 35.0 Å². The van der Waals surface area contributed by atoms with Gasteiger partial charge in [-0.3, -0.25) is 4.79 Å². The smallest absolute Gasteiger partial charge is 0.274 e. The lowest BCUT2D eigenvalue weighted by atomic mass is 10.2. The molecule has 2 aromatic heterocycles. The van der Waals surface area contributed by atoms with Gasteiger partial charge < -0.3 is 9.88 Å². The predicted octanol–water partition coefficient (Wildman–Crippen LogP) is 4.25. The van der Waals surface area contributed by atoms with Gasteiger partial charge in [-0.15, -0.1) is 0 Å². The van der Waals surface area contributed by atoms with Gasteiger partial charge in [0.1, 0.15) is 5.69 Å². The quantitative estimate of drug-likeness (QED) is 0.783. The molecule has 0 aliphatic carbocycles. The molecule has 4 nitrogen and oxygen atoms in total. The number of nitrogens with one attached hydrogen (secondary N) is 1. The Morgan fingerprint density at radius 1 is 1.22 bits per heavy atom. The van der Waals surface area contributed by atoms with Crippen molar-refractivity contribution in [2.45, 2.75) is 27.3 Å². The van der Waals surface area contributed by atoms with Crippen LogP contribution >= 0.6 is 0 Å². The summed E-state index contributed by atoms with van der Waals surface area (Å²) in [6.07, 6.45) is 2.10. The summed E-state index contributed by atoms with van der Waals surface area (Å²) >= 11 is 0. The maximum atomic E-state index is 12.3. The molecule has 4 heteroatoms. The number of carbonyl (C=O) groups excluding carboxylic acids is 1. The van der Waals surface area contributed by atoms with Crippen LogP contribution in [0.25, 0.3) is 10.9 Å². The van der Waals surface area contributed by atoms with Crippen molar-refractivity contribution < 1.29 is 4.79 Å². The zero-order valence-electron chi connectivity index (χ0n) is 13.7. The highest BCUT2D eigenvalue weighted by molar-refractivity contribution is 6.03. The largest absolute Gasteiger partial charge is 0.347 e. The average Bonchev–Trinajstić information content (AvgIpc) is 2.89. The number of rotatable bonds is 4. The van der Waals surface area contributed by atoms with Crippen molar-refractivity contribution in [3.8, 4) is 0 Å². The molecule has 0 aliphatic rings. The molecule has 3 aromatic rings. The molecule has 0 saturated carbocycles. The maximum Gasteiger partial charge on any atom is 0.274 e. The van der Waals surface area contributed by atoms with Crippen molar-refractivity contribution >= 4 is 22.5 Å². The van der Waals surface area contributed by atoms with Crippen LogP contribution in [0.4, 0.5) is 5.69 Å². The fourth-order valence-corrected chi connectivity index (χ4v) is 2.70. The molecule has 0 atom stereocenters. The first-order chi connectivity index (χ1) is 11.0. The van der Waals surface area contributed by atoms with Gasteiger partial charge in [-0.05, 0) is 49.2 Å². The number of aryl methyl sites for hydroxylation is 1. The van der Waals surface area contributed by atoms with Crippen molar-refractivity contribution in [3.63, 3.8) is 0 Å². The minimum absolute atomic E-state index is 0.185. The van der Waals surface area contributed by atoms with Crippen molar-refractivity contribution in [1.82, 2.24) is 9.55 Å². The number of hydrogen-bond donors (Lipinski definition) is 1. The number of benzene rings is 1. The van der Waals surface area contributed by atoms with E-state index in [-0.39, 0.29) is 5.91 Å². The molecule has 0 spiro atoms. The van der Waals surface area contributed by atoms with Gasteiger partial charge in [0.25, 0.3) is 5.91 Å². The lowest BCUT2D eigenvalue weighted by molar-refractivity contribution is 0.102. The third kappa shape index (κ3) is 3.42. The predicted molar refractivity (Wildman–Crippen MR) is 93.7 cm³/mol. The van der Waals surface area contributed by atoms with E-state index in [4.69, 9.17) is 0 Å². The summed E-state index contributed by atoms with van der Waals surface area (Å²) < 4.78 is 2.24. The molecule has 0 unspecified atom stereocenters. The first kappa shape index (κ1) is 15.3. The first-order valence-corrected chi connectivity index (χ1v) is 7.87. The van der Waals surface area contributed by atoms with Crippen molar-refractivity contribution in [1.29, 1.82) is 0 Å². The van der Waals surface area contributed by atoms with Crippen LogP contribution in [0.3, 0.4) is 0 Å². The van der Waals surface area contributed by atoms with Crippen LogP contribution in [0.5, 0.6) is 0 Å². The van der Waals surface area contributed by atoms with Gasteiger partial charge in [0.15, 0.2) is 0 Å². The molecule has 1 N–H and O–H groups in total. The third-order valence-corrected chi connectivity index (χ3v) is 3.71. The standard InChI is InChI=1S/C19H21N3O/c1-13(2)12-22-10-9-15-11-16(7-8-18(15)22)21-19(23)17-6-4-5-14(3)20-17/h4-11,13H,12H2,1-3H3,(H,21,23). The lowest BCUT2D eigenvalue weighted by Gasteiger charge is -2.09. The van der Waals surface area contributed by atoms with Gasteiger partial charge in [0.05, 0.1) is 0 Å². The van der Waals surface area contributed by atoms with Crippen LogP contribution in [0.15, 0.2) is 48.7 Å². The molecular weight excluding hydrogens is 286 g/mol. The summed E-state index contributed by atoms with van der Waals surface area (Å²) in [5.74, 6) is 0.409. The molecule has 118 valence electrons. The zero-order chi connectivity index (χ0) is 16.4. The number of pyridine rings is 1.